The summed E-state index contributed by atoms with van der Waals surface area (Å²) in [5.74, 6) is 0. The molecular weight excluding hydrogens is 280 g/mol. The number of nitrogens with one attached hydrogen (secondary N) is 2. The zero-order chi connectivity index (χ0) is 15.9. The van der Waals surface area contributed by atoms with E-state index in [1.807, 2.05) is 7.05 Å². The number of allylic oxidation sites excluding steroid dienone is 4. The Kier molecular flexibility index (Phi) is 5.41. The number of benzene rings is 2. The van der Waals surface area contributed by atoms with Crippen LogP contribution in [0.1, 0.15) is 35.6 Å². The van der Waals surface area contributed by atoms with Crippen LogP contribution < -0.4 is 10.6 Å². The minimum absolute atomic E-state index is 0.202. The van der Waals surface area contributed by atoms with E-state index in [9.17, 15) is 0 Å². The highest BCUT2D eigenvalue weighted by molar-refractivity contribution is 5.74. The Balaban J connectivity index is 1.85. The fourth-order valence-corrected chi connectivity index (χ4v) is 2.97. The third kappa shape index (κ3) is 3.98. The average molecular weight is 304 g/mol. The zero-order valence-corrected chi connectivity index (χ0v) is 13.6. The van der Waals surface area contributed by atoms with Crippen molar-refractivity contribution in [2.24, 2.45) is 0 Å². The van der Waals surface area contributed by atoms with Crippen molar-refractivity contribution in [3.8, 4) is 0 Å². The molecule has 0 spiro atoms. The topological polar surface area (TPSA) is 24.1 Å². The molecule has 2 N–H and O–H groups in total. The van der Waals surface area contributed by atoms with Gasteiger partial charge in [-0.05, 0) is 42.2 Å². The summed E-state index contributed by atoms with van der Waals surface area (Å²) in [6.45, 7) is 0.773. The van der Waals surface area contributed by atoms with Gasteiger partial charge >= 0.3 is 0 Å². The molecule has 0 bridgehead atoms. The molecule has 0 saturated heterocycles. The summed E-state index contributed by atoms with van der Waals surface area (Å²) in [5, 5.41) is 6.73. The molecule has 1 unspecified atom stereocenters. The summed E-state index contributed by atoms with van der Waals surface area (Å²) in [6.07, 6.45) is 9.11. The predicted octanol–water partition coefficient (Wildman–Crippen LogP) is 4.28. The third-order valence-corrected chi connectivity index (χ3v) is 4.19. The maximum absolute atomic E-state index is 3.56. The van der Waals surface area contributed by atoms with E-state index in [0.717, 1.165) is 19.5 Å². The van der Waals surface area contributed by atoms with E-state index in [1.54, 1.807) is 0 Å². The number of hydrogen-bond donors (Lipinski definition) is 2. The minimum Gasteiger partial charge on any atom is -0.308 e. The largest absolute Gasteiger partial charge is 0.308 e. The van der Waals surface area contributed by atoms with Gasteiger partial charge in [-0.15, -0.1) is 0 Å². The van der Waals surface area contributed by atoms with Crippen LogP contribution in [0.4, 0.5) is 0 Å². The third-order valence-electron chi connectivity index (χ3n) is 4.19. The van der Waals surface area contributed by atoms with E-state index in [-0.39, 0.29) is 6.04 Å². The highest BCUT2D eigenvalue weighted by atomic mass is 15.1. The molecule has 0 aliphatic heterocycles. The van der Waals surface area contributed by atoms with Crippen LogP contribution >= 0.6 is 0 Å². The van der Waals surface area contributed by atoms with E-state index in [2.05, 4.69) is 83.5 Å². The molecule has 1 aliphatic carbocycles. The lowest BCUT2D eigenvalue weighted by Gasteiger charge is -2.20. The standard InChI is InChI=1S/C21H24N2/c1-22-16-23-21(19-10-6-3-7-11-19)20-14-12-18(13-15-20)17-8-4-2-5-9-17/h3-4,6-15,21-23H,2,5,16H2,1H3. The second kappa shape index (κ2) is 7.91. The lowest BCUT2D eigenvalue weighted by atomic mass is 9.94. The molecule has 2 heteroatoms. The Morgan fingerprint density at radius 3 is 2.30 bits per heavy atom. The van der Waals surface area contributed by atoms with Crippen molar-refractivity contribution in [1.82, 2.24) is 10.6 Å². The highest BCUT2D eigenvalue weighted by Gasteiger charge is 2.13. The van der Waals surface area contributed by atoms with Crippen LogP contribution in [0.5, 0.6) is 0 Å². The van der Waals surface area contributed by atoms with Crippen LogP contribution in [-0.4, -0.2) is 13.7 Å². The molecule has 0 amide bonds. The van der Waals surface area contributed by atoms with Gasteiger partial charge in [0.15, 0.2) is 0 Å². The first-order valence-corrected chi connectivity index (χ1v) is 8.28. The van der Waals surface area contributed by atoms with Crippen molar-refractivity contribution in [3.05, 3.63) is 89.5 Å². The number of hydrogen-bond acceptors (Lipinski definition) is 2. The van der Waals surface area contributed by atoms with Crippen molar-refractivity contribution in [2.45, 2.75) is 18.9 Å². The smallest absolute Gasteiger partial charge is 0.0586 e. The van der Waals surface area contributed by atoms with Gasteiger partial charge in [0.05, 0.1) is 6.04 Å². The summed E-state index contributed by atoms with van der Waals surface area (Å²) in [6, 6.07) is 19.7. The van der Waals surface area contributed by atoms with Gasteiger partial charge in [-0.1, -0.05) is 72.8 Å². The molecule has 3 rings (SSSR count). The van der Waals surface area contributed by atoms with Crippen molar-refractivity contribution in [3.63, 3.8) is 0 Å². The van der Waals surface area contributed by atoms with E-state index >= 15 is 0 Å². The first-order chi connectivity index (χ1) is 11.4. The van der Waals surface area contributed by atoms with Crippen molar-refractivity contribution in [2.75, 3.05) is 13.7 Å². The quantitative estimate of drug-likeness (QED) is 0.779. The molecule has 0 heterocycles. The fraction of sp³-hybridized carbons (Fsp3) is 0.238. The molecular formula is C21H24N2. The molecule has 2 aromatic rings. The Morgan fingerprint density at radius 1 is 0.913 bits per heavy atom. The molecule has 118 valence electrons. The summed E-state index contributed by atoms with van der Waals surface area (Å²) >= 11 is 0. The van der Waals surface area contributed by atoms with E-state index < -0.39 is 0 Å². The molecule has 2 nitrogen and oxygen atoms in total. The van der Waals surface area contributed by atoms with Crippen LogP contribution in [0.3, 0.4) is 0 Å². The van der Waals surface area contributed by atoms with E-state index in [4.69, 9.17) is 0 Å². The Morgan fingerprint density at radius 2 is 1.65 bits per heavy atom. The van der Waals surface area contributed by atoms with Gasteiger partial charge in [-0.2, -0.15) is 0 Å². The Bertz CT molecular complexity index is 669. The second-order valence-electron chi connectivity index (χ2n) is 5.84. The second-order valence-corrected chi connectivity index (χ2v) is 5.84. The maximum Gasteiger partial charge on any atom is 0.0586 e. The summed E-state index contributed by atoms with van der Waals surface area (Å²) in [5.41, 5.74) is 5.20. The lowest BCUT2D eigenvalue weighted by Crippen LogP contribution is -2.30. The predicted molar refractivity (Wildman–Crippen MR) is 98.1 cm³/mol. The molecule has 0 radical (unpaired) electrons. The molecule has 0 aromatic heterocycles. The Hall–Kier alpha value is -2.16. The van der Waals surface area contributed by atoms with Crippen LogP contribution in [0.15, 0.2) is 72.8 Å². The van der Waals surface area contributed by atoms with Crippen LogP contribution in [0.25, 0.3) is 5.57 Å². The maximum atomic E-state index is 3.56. The number of rotatable bonds is 6. The minimum atomic E-state index is 0.202. The molecule has 0 saturated carbocycles. The first-order valence-electron chi connectivity index (χ1n) is 8.28. The van der Waals surface area contributed by atoms with Gasteiger partial charge in [0.2, 0.25) is 0 Å². The zero-order valence-electron chi connectivity index (χ0n) is 13.6. The molecule has 0 fully saturated rings. The van der Waals surface area contributed by atoms with Crippen LogP contribution in [0, 0.1) is 0 Å². The van der Waals surface area contributed by atoms with Crippen LogP contribution in [0.2, 0.25) is 0 Å². The average Bonchev–Trinajstić information content (AvgIpc) is 2.64. The first kappa shape index (κ1) is 15.7. The fourth-order valence-electron chi connectivity index (χ4n) is 2.97. The van der Waals surface area contributed by atoms with Crippen molar-refractivity contribution in [1.29, 1.82) is 0 Å². The van der Waals surface area contributed by atoms with Crippen LogP contribution in [-0.2, 0) is 0 Å². The lowest BCUT2D eigenvalue weighted by molar-refractivity contribution is 0.568. The molecule has 1 atom stereocenters. The van der Waals surface area contributed by atoms with Gasteiger partial charge in [0.25, 0.3) is 0 Å². The SMILES string of the molecule is CNCNC(c1ccccc1)c1ccc(C2=CCCC=C2)cc1. The van der Waals surface area contributed by atoms with E-state index in [0.29, 0.717) is 0 Å². The molecule has 1 aliphatic rings. The summed E-state index contributed by atoms with van der Waals surface area (Å²) in [7, 11) is 1.96. The normalized spacial score (nSPS) is 15.3. The van der Waals surface area contributed by atoms with Gasteiger partial charge < -0.3 is 5.32 Å². The Labute approximate surface area is 138 Å². The van der Waals surface area contributed by atoms with Gasteiger partial charge in [0, 0.05) is 6.67 Å². The van der Waals surface area contributed by atoms with Crippen molar-refractivity contribution < 1.29 is 0 Å². The molecule has 2 aromatic carbocycles. The van der Waals surface area contributed by atoms with Gasteiger partial charge in [0.1, 0.15) is 0 Å². The highest BCUT2D eigenvalue weighted by Crippen LogP contribution is 2.26. The van der Waals surface area contributed by atoms with Gasteiger partial charge in [-0.3, -0.25) is 5.32 Å². The van der Waals surface area contributed by atoms with E-state index in [1.165, 1.54) is 22.3 Å². The van der Waals surface area contributed by atoms with Crippen molar-refractivity contribution >= 4 is 5.57 Å². The van der Waals surface area contributed by atoms with Gasteiger partial charge in [-0.25, -0.2) is 0 Å². The summed E-state index contributed by atoms with van der Waals surface area (Å²) in [4.78, 5) is 0. The monoisotopic (exact) mass is 304 g/mol. The summed E-state index contributed by atoms with van der Waals surface area (Å²) < 4.78 is 0. The molecule has 23 heavy (non-hydrogen) atoms.